The molecule has 0 saturated carbocycles. The average Bonchev–Trinajstić information content (AvgIpc) is 2.77. The Labute approximate surface area is 168 Å². The Morgan fingerprint density at radius 3 is 1.83 bits per heavy atom. The summed E-state index contributed by atoms with van der Waals surface area (Å²) in [5.41, 5.74) is -0.619. The van der Waals surface area contributed by atoms with E-state index in [0.717, 1.165) is 11.1 Å². The van der Waals surface area contributed by atoms with Gasteiger partial charge in [-0.05, 0) is 24.0 Å². The molecule has 1 heterocycles. The summed E-state index contributed by atoms with van der Waals surface area (Å²) in [6, 6.07) is 17.4. The molecule has 1 aliphatic rings. The van der Waals surface area contributed by atoms with Gasteiger partial charge in [-0.15, -0.1) is 0 Å². The minimum Gasteiger partial charge on any atom is -0.460 e. The fourth-order valence-electron chi connectivity index (χ4n) is 3.19. The molecule has 1 amide bonds. The van der Waals surface area contributed by atoms with Crippen LogP contribution in [0.15, 0.2) is 60.7 Å². The standard InChI is InChI=1S/C22H23NO6/c24-13-18-11-12-22(19(25)23-18,20(26)28-14-16-7-3-1-4-8-16)21(27)29-15-17-9-5-2-6-10-17/h1-10,18,24H,11-15H2,(H,23,25). The van der Waals surface area contributed by atoms with Crippen LogP contribution >= 0.6 is 0 Å². The average molecular weight is 397 g/mol. The number of hydrogen-bond donors (Lipinski definition) is 2. The first kappa shape index (κ1) is 20.5. The first-order valence-electron chi connectivity index (χ1n) is 9.40. The number of piperidine rings is 1. The molecule has 2 N–H and O–H groups in total. The first-order chi connectivity index (χ1) is 14.1. The number of nitrogens with one attached hydrogen (secondary N) is 1. The summed E-state index contributed by atoms with van der Waals surface area (Å²) in [4.78, 5) is 38.6. The molecule has 7 heteroatoms. The predicted molar refractivity (Wildman–Crippen MR) is 103 cm³/mol. The van der Waals surface area contributed by atoms with Gasteiger partial charge in [0.15, 0.2) is 0 Å². The third-order valence-corrected chi connectivity index (χ3v) is 4.93. The molecule has 0 radical (unpaired) electrons. The van der Waals surface area contributed by atoms with Gasteiger partial charge in [0.05, 0.1) is 12.6 Å². The molecular formula is C22H23NO6. The second kappa shape index (κ2) is 9.34. The van der Waals surface area contributed by atoms with Crippen LogP contribution in [0.25, 0.3) is 0 Å². The molecule has 152 valence electrons. The van der Waals surface area contributed by atoms with Gasteiger partial charge >= 0.3 is 11.9 Å². The highest BCUT2D eigenvalue weighted by atomic mass is 16.6. The number of amides is 1. The Bertz CT molecular complexity index is 797. The minimum absolute atomic E-state index is 0.0654. The summed E-state index contributed by atoms with van der Waals surface area (Å²) < 4.78 is 10.6. The van der Waals surface area contributed by atoms with Crippen molar-refractivity contribution >= 4 is 17.8 Å². The number of aliphatic hydroxyl groups excluding tert-OH is 1. The van der Waals surface area contributed by atoms with Crippen LogP contribution in [0.4, 0.5) is 0 Å². The Kier molecular flexibility index (Phi) is 6.61. The van der Waals surface area contributed by atoms with Gasteiger partial charge in [-0.3, -0.25) is 14.4 Å². The Balaban J connectivity index is 1.76. The molecule has 1 saturated heterocycles. The molecule has 7 nitrogen and oxygen atoms in total. The molecular weight excluding hydrogens is 374 g/mol. The number of ether oxygens (including phenoxy) is 2. The summed E-state index contributed by atoms with van der Waals surface area (Å²) in [6.07, 6.45) is 0.161. The molecule has 0 aromatic heterocycles. The number of esters is 2. The molecule has 0 spiro atoms. The largest absolute Gasteiger partial charge is 0.460 e. The van der Waals surface area contributed by atoms with Crippen LogP contribution < -0.4 is 5.32 Å². The van der Waals surface area contributed by atoms with Crippen molar-refractivity contribution in [2.75, 3.05) is 6.61 Å². The number of rotatable bonds is 7. The zero-order chi connectivity index (χ0) is 20.7. The van der Waals surface area contributed by atoms with E-state index in [-0.39, 0.29) is 32.7 Å². The van der Waals surface area contributed by atoms with Gasteiger partial charge in [0, 0.05) is 0 Å². The van der Waals surface area contributed by atoms with Gasteiger partial charge < -0.3 is 19.9 Å². The number of hydrogen-bond acceptors (Lipinski definition) is 6. The van der Waals surface area contributed by atoms with E-state index in [1.165, 1.54) is 0 Å². The Morgan fingerprint density at radius 2 is 1.41 bits per heavy atom. The topological polar surface area (TPSA) is 102 Å². The van der Waals surface area contributed by atoms with Crippen molar-refractivity contribution < 1.29 is 29.0 Å². The second-order valence-electron chi connectivity index (χ2n) is 6.92. The van der Waals surface area contributed by atoms with E-state index >= 15 is 0 Å². The van der Waals surface area contributed by atoms with Crippen molar-refractivity contribution in [3.8, 4) is 0 Å². The number of carbonyl (C=O) groups excluding carboxylic acids is 3. The highest BCUT2D eigenvalue weighted by Gasteiger charge is 2.58. The van der Waals surface area contributed by atoms with Crippen LogP contribution in [-0.4, -0.2) is 35.6 Å². The molecule has 29 heavy (non-hydrogen) atoms. The van der Waals surface area contributed by atoms with Crippen LogP contribution in [0.5, 0.6) is 0 Å². The quantitative estimate of drug-likeness (QED) is 0.545. The van der Waals surface area contributed by atoms with Gasteiger partial charge in [-0.1, -0.05) is 60.7 Å². The van der Waals surface area contributed by atoms with Gasteiger partial charge in [0.25, 0.3) is 0 Å². The lowest BCUT2D eigenvalue weighted by atomic mass is 9.77. The van der Waals surface area contributed by atoms with Gasteiger partial charge in [-0.2, -0.15) is 0 Å². The van der Waals surface area contributed by atoms with E-state index in [4.69, 9.17) is 9.47 Å². The highest BCUT2D eigenvalue weighted by molar-refractivity contribution is 6.20. The molecule has 3 rings (SSSR count). The fraction of sp³-hybridized carbons (Fsp3) is 0.318. The summed E-state index contributed by atoms with van der Waals surface area (Å²) in [7, 11) is 0. The Morgan fingerprint density at radius 1 is 0.931 bits per heavy atom. The minimum atomic E-state index is -2.09. The van der Waals surface area contributed by atoms with Crippen molar-refractivity contribution in [1.82, 2.24) is 5.32 Å². The smallest absolute Gasteiger partial charge is 0.333 e. The monoisotopic (exact) mass is 397 g/mol. The molecule has 1 fully saturated rings. The van der Waals surface area contributed by atoms with Gasteiger partial charge in [0.1, 0.15) is 13.2 Å². The van der Waals surface area contributed by atoms with E-state index in [1.54, 1.807) is 48.5 Å². The molecule has 1 aliphatic heterocycles. The summed E-state index contributed by atoms with van der Waals surface area (Å²) in [5.74, 6) is -2.71. The summed E-state index contributed by atoms with van der Waals surface area (Å²) in [5, 5.41) is 11.8. The van der Waals surface area contributed by atoms with Crippen molar-refractivity contribution in [1.29, 1.82) is 0 Å². The SMILES string of the molecule is O=C1NC(CO)CCC1(C(=O)OCc1ccccc1)C(=O)OCc1ccccc1. The van der Waals surface area contributed by atoms with Gasteiger partial charge in [0.2, 0.25) is 11.3 Å². The van der Waals surface area contributed by atoms with E-state index in [9.17, 15) is 19.5 Å². The second-order valence-corrected chi connectivity index (χ2v) is 6.92. The third-order valence-electron chi connectivity index (χ3n) is 4.93. The van der Waals surface area contributed by atoms with Crippen molar-refractivity contribution in [2.45, 2.75) is 32.1 Å². The summed E-state index contributed by atoms with van der Waals surface area (Å²) >= 11 is 0. The van der Waals surface area contributed by atoms with Crippen LogP contribution in [0, 0.1) is 5.41 Å². The van der Waals surface area contributed by atoms with E-state index in [0.29, 0.717) is 0 Å². The molecule has 1 unspecified atom stereocenters. The van der Waals surface area contributed by atoms with Crippen molar-refractivity contribution in [3.05, 3.63) is 71.8 Å². The number of carbonyl (C=O) groups is 3. The van der Waals surface area contributed by atoms with E-state index in [2.05, 4.69) is 5.32 Å². The fourth-order valence-corrected chi connectivity index (χ4v) is 3.19. The third kappa shape index (κ3) is 4.63. The maximum absolute atomic E-state index is 12.9. The maximum Gasteiger partial charge on any atom is 0.333 e. The Hall–Kier alpha value is -3.19. The van der Waals surface area contributed by atoms with Gasteiger partial charge in [-0.25, -0.2) is 0 Å². The molecule has 2 aromatic carbocycles. The molecule has 0 bridgehead atoms. The first-order valence-corrected chi connectivity index (χ1v) is 9.40. The molecule has 2 aromatic rings. The van der Waals surface area contributed by atoms with Crippen LogP contribution in [0.2, 0.25) is 0 Å². The van der Waals surface area contributed by atoms with Crippen molar-refractivity contribution in [2.24, 2.45) is 5.41 Å². The number of aliphatic hydroxyl groups is 1. The zero-order valence-corrected chi connectivity index (χ0v) is 15.9. The van der Waals surface area contributed by atoms with Crippen LogP contribution in [0.3, 0.4) is 0 Å². The van der Waals surface area contributed by atoms with E-state index < -0.39 is 29.3 Å². The zero-order valence-electron chi connectivity index (χ0n) is 15.9. The lowest BCUT2D eigenvalue weighted by molar-refractivity contribution is -0.180. The normalized spacial score (nSPS) is 17.8. The van der Waals surface area contributed by atoms with E-state index in [1.807, 2.05) is 12.1 Å². The highest BCUT2D eigenvalue weighted by Crippen LogP contribution is 2.33. The molecule has 1 atom stereocenters. The lowest BCUT2D eigenvalue weighted by Gasteiger charge is -2.35. The summed E-state index contributed by atoms with van der Waals surface area (Å²) in [6.45, 7) is -0.409. The number of benzene rings is 2. The van der Waals surface area contributed by atoms with Crippen LogP contribution in [-0.2, 0) is 37.1 Å². The van der Waals surface area contributed by atoms with Crippen LogP contribution in [0.1, 0.15) is 24.0 Å². The molecule has 0 aliphatic carbocycles. The predicted octanol–water partition coefficient (Wildman–Crippen LogP) is 1.73. The lowest BCUT2D eigenvalue weighted by Crippen LogP contribution is -2.60. The maximum atomic E-state index is 12.9. The van der Waals surface area contributed by atoms with Crippen molar-refractivity contribution in [3.63, 3.8) is 0 Å².